The molecular formula is C14H18F3N3O2S. The summed E-state index contributed by atoms with van der Waals surface area (Å²) in [6, 6.07) is 3.10. The molecule has 0 aromatic heterocycles. The summed E-state index contributed by atoms with van der Waals surface area (Å²) in [7, 11) is -4.16. The first-order valence-corrected chi connectivity index (χ1v) is 8.33. The van der Waals surface area contributed by atoms with Crippen LogP contribution in [0.25, 0.3) is 0 Å². The molecule has 5 nitrogen and oxygen atoms in total. The number of hydrogen-bond acceptors (Lipinski definition) is 4. The van der Waals surface area contributed by atoms with E-state index in [0.717, 1.165) is 12.1 Å². The predicted molar refractivity (Wildman–Crippen MR) is 78.8 cm³/mol. The molecule has 1 aromatic carbocycles. The molecular weight excluding hydrogens is 331 g/mol. The maximum Gasteiger partial charge on any atom is 0.417 e. The largest absolute Gasteiger partial charge is 0.417 e. The van der Waals surface area contributed by atoms with Crippen LogP contribution in [-0.4, -0.2) is 21.0 Å². The van der Waals surface area contributed by atoms with Crippen molar-refractivity contribution in [2.75, 3.05) is 6.54 Å². The zero-order valence-electron chi connectivity index (χ0n) is 12.7. The summed E-state index contributed by atoms with van der Waals surface area (Å²) in [5.74, 6) is 0.165. The van der Waals surface area contributed by atoms with Crippen LogP contribution in [0.5, 0.6) is 0 Å². The number of benzene rings is 1. The lowest BCUT2D eigenvalue weighted by atomic mass is 10.1. The molecule has 1 aromatic rings. The molecule has 0 fully saturated rings. The van der Waals surface area contributed by atoms with Crippen molar-refractivity contribution in [3.8, 4) is 6.07 Å². The molecule has 0 aliphatic rings. The van der Waals surface area contributed by atoms with E-state index in [9.17, 15) is 21.6 Å². The number of hydrogen-bond donors (Lipinski definition) is 2. The predicted octanol–water partition coefficient (Wildman–Crippen LogP) is 2.23. The fourth-order valence-corrected chi connectivity index (χ4v) is 3.36. The van der Waals surface area contributed by atoms with Crippen LogP contribution >= 0.6 is 0 Å². The molecule has 9 heteroatoms. The van der Waals surface area contributed by atoms with Crippen molar-refractivity contribution < 1.29 is 21.6 Å². The molecule has 0 radical (unpaired) electrons. The Morgan fingerprint density at radius 3 is 2.39 bits per heavy atom. The minimum absolute atomic E-state index is 0.0276. The number of halogens is 3. The van der Waals surface area contributed by atoms with Gasteiger partial charge in [-0.15, -0.1) is 0 Å². The second-order valence-corrected chi connectivity index (χ2v) is 7.21. The SMILES string of the molecule is CC(C)CC(CN)NS(=O)(=O)c1ccc(C#N)c(C(F)(F)F)c1. The molecule has 1 atom stereocenters. The van der Waals surface area contributed by atoms with Crippen LogP contribution in [0.3, 0.4) is 0 Å². The lowest BCUT2D eigenvalue weighted by Gasteiger charge is -2.19. The van der Waals surface area contributed by atoms with Gasteiger partial charge in [0.25, 0.3) is 0 Å². The molecule has 0 amide bonds. The van der Waals surface area contributed by atoms with E-state index in [1.807, 2.05) is 13.8 Å². The highest BCUT2D eigenvalue weighted by atomic mass is 32.2. The third kappa shape index (κ3) is 5.20. The van der Waals surface area contributed by atoms with Crippen LogP contribution < -0.4 is 10.5 Å². The Kier molecular flexibility index (Phi) is 6.16. The molecule has 0 bridgehead atoms. The molecule has 0 aliphatic carbocycles. The molecule has 0 aliphatic heterocycles. The van der Waals surface area contributed by atoms with Gasteiger partial charge in [0.1, 0.15) is 0 Å². The summed E-state index contributed by atoms with van der Waals surface area (Å²) in [6.07, 6.45) is -4.36. The van der Waals surface area contributed by atoms with E-state index in [0.29, 0.717) is 12.5 Å². The minimum atomic E-state index is -4.82. The first kappa shape index (κ1) is 19.4. The van der Waals surface area contributed by atoms with Crippen LogP contribution in [0.15, 0.2) is 23.1 Å². The number of nitrogens with zero attached hydrogens (tertiary/aromatic N) is 1. The van der Waals surface area contributed by atoms with Crippen molar-refractivity contribution in [1.82, 2.24) is 4.72 Å². The Morgan fingerprint density at radius 2 is 1.96 bits per heavy atom. The fourth-order valence-electron chi connectivity index (χ4n) is 2.07. The Morgan fingerprint density at radius 1 is 1.35 bits per heavy atom. The van der Waals surface area contributed by atoms with Gasteiger partial charge in [0.05, 0.1) is 22.1 Å². The van der Waals surface area contributed by atoms with E-state index in [4.69, 9.17) is 11.0 Å². The number of nitrogens with two attached hydrogens (primary N) is 1. The summed E-state index contributed by atoms with van der Waals surface area (Å²) in [5.41, 5.74) is 3.59. The van der Waals surface area contributed by atoms with Crippen LogP contribution in [0, 0.1) is 17.2 Å². The first-order chi connectivity index (χ1) is 10.5. The summed E-state index contributed by atoms with van der Waals surface area (Å²) in [5, 5.41) is 8.73. The molecule has 128 valence electrons. The highest BCUT2D eigenvalue weighted by molar-refractivity contribution is 7.89. The second kappa shape index (κ2) is 7.29. The maximum atomic E-state index is 12.9. The molecule has 1 rings (SSSR count). The monoisotopic (exact) mass is 349 g/mol. The zero-order chi connectivity index (χ0) is 17.8. The van der Waals surface area contributed by atoms with Crippen molar-refractivity contribution in [2.24, 2.45) is 11.7 Å². The van der Waals surface area contributed by atoms with Crippen molar-refractivity contribution in [3.63, 3.8) is 0 Å². The van der Waals surface area contributed by atoms with Crippen LogP contribution in [-0.2, 0) is 16.2 Å². The smallest absolute Gasteiger partial charge is 0.329 e. The maximum absolute atomic E-state index is 12.9. The third-order valence-corrected chi connectivity index (χ3v) is 4.61. The van der Waals surface area contributed by atoms with Gasteiger partial charge in [-0.2, -0.15) is 18.4 Å². The van der Waals surface area contributed by atoms with Crippen molar-refractivity contribution >= 4 is 10.0 Å². The summed E-state index contributed by atoms with van der Waals surface area (Å²) in [4.78, 5) is -0.550. The lowest BCUT2D eigenvalue weighted by Crippen LogP contribution is -2.41. The summed E-state index contributed by atoms with van der Waals surface area (Å²) < 4.78 is 65.5. The third-order valence-electron chi connectivity index (χ3n) is 3.09. The Balaban J connectivity index is 3.22. The van der Waals surface area contributed by atoms with Gasteiger partial charge in [-0.25, -0.2) is 13.1 Å². The van der Waals surface area contributed by atoms with Gasteiger partial charge in [0.2, 0.25) is 10.0 Å². The number of rotatable bonds is 6. The minimum Gasteiger partial charge on any atom is -0.329 e. The van der Waals surface area contributed by atoms with E-state index in [1.165, 1.54) is 6.07 Å². The Hall–Kier alpha value is -1.63. The van der Waals surface area contributed by atoms with Gasteiger partial charge < -0.3 is 5.73 Å². The number of nitriles is 1. The van der Waals surface area contributed by atoms with Crippen LogP contribution in [0.2, 0.25) is 0 Å². The van der Waals surface area contributed by atoms with E-state index in [-0.39, 0.29) is 12.5 Å². The Bertz CT molecular complexity index is 694. The highest BCUT2D eigenvalue weighted by Gasteiger charge is 2.35. The zero-order valence-corrected chi connectivity index (χ0v) is 13.5. The molecule has 23 heavy (non-hydrogen) atoms. The van der Waals surface area contributed by atoms with E-state index >= 15 is 0 Å². The normalized spacial score (nSPS) is 13.8. The average Bonchev–Trinajstić information content (AvgIpc) is 2.44. The van der Waals surface area contributed by atoms with Gasteiger partial charge in [-0.3, -0.25) is 0 Å². The molecule has 0 saturated carbocycles. The molecule has 3 N–H and O–H groups in total. The number of sulfonamides is 1. The van der Waals surface area contributed by atoms with E-state index in [1.54, 1.807) is 0 Å². The molecule has 0 spiro atoms. The van der Waals surface area contributed by atoms with E-state index < -0.39 is 38.3 Å². The van der Waals surface area contributed by atoms with Gasteiger partial charge in [0.15, 0.2) is 0 Å². The standard InChI is InChI=1S/C14H18F3N3O2S/c1-9(2)5-11(8-19)20-23(21,22)12-4-3-10(7-18)13(6-12)14(15,16)17/h3-4,6,9,11,20H,5,8,19H2,1-2H3. The van der Waals surface area contributed by atoms with Gasteiger partial charge >= 0.3 is 6.18 Å². The second-order valence-electron chi connectivity index (χ2n) is 5.50. The van der Waals surface area contributed by atoms with Crippen molar-refractivity contribution in [3.05, 3.63) is 29.3 Å². The summed E-state index contributed by atoms with van der Waals surface area (Å²) in [6.45, 7) is 3.78. The molecule has 1 unspecified atom stereocenters. The van der Waals surface area contributed by atoms with Gasteiger partial charge in [0, 0.05) is 12.6 Å². The Labute approximate surface area is 133 Å². The van der Waals surface area contributed by atoms with Gasteiger partial charge in [-0.1, -0.05) is 13.8 Å². The van der Waals surface area contributed by atoms with Gasteiger partial charge in [-0.05, 0) is 30.5 Å². The fraction of sp³-hybridized carbons (Fsp3) is 0.500. The highest BCUT2D eigenvalue weighted by Crippen LogP contribution is 2.33. The van der Waals surface area contributed by atoms with E-state index in [2.05, 4.69) is 4.72 Å². The van der Waals surface area contributed by atoms with Crippen LogP contribution in [0.4, 0.5) is 13.2 Å². The topological polar surface area (TPSA) is 96.0 Å². The average molecular weight is 349 g/mol. The molecule has 0 heterocycles. The first-order valence-electron chi connectivity index (χ1n) is 6.85. The number of alkyl halides is 3. The number of nitrogens with one attached hydrogen (secondary N) is 1. The molecule has 0 saturated heterocycles. The quantitative estimate of drug-likeness (QED) is 0.823. The lowest BCUT2D eigenvalue weighted by molar-refractivity contribution is -0.137. The van der Waals surface area contributed by atoms with Crippen LogP contribution in [0.1, 0.15) is 31.4 Å². The summed E-state index contributed by atoms with van der Waals surface area (Å²) >= 11 is 0. The van der Waals surface area contributed by atoms with Crippen molar-refractivity contribution in [1.29, 1.82) is 5.26 Å². The van der Waals surface area contributed by atoms with Crippen molar-refractivity contribution in [2.45, 2.75) is 37.4 Å².